The highest BCUT2D eigenvalue weighted by molar-refractivity contribution is 5.99. The summed E-state index contributed by atoms with van der Waals surface area (Å²) in [5, 5.41) is 19.1. The molecule has 3 heterocycles. The van der Waals surface area contributed by atoms with Crippen molar-refractivity contribution in [2.75, 3.05) is 13.2 Å². The number of ether oxygens (including phenoxy) is 1. The normalized spacial score (nSPS) is 21.8. The number of halogens is 1. The van der Waals surface area contributed by atoms with Gasteiger partial charge in [-0.1, -0.05) is 0 Å². The molecule has 2 fully saturated rings. The van der Waals surface area contributed by atoms with Gasteiger partial charge in [0.1, 0.15) is 5.82 Å². The van der Waals surface area contributed by atoms with E-state index in [1.54, 1.807) is 0 Å². The summed E-state index contributed by atoms with van der Waals surface area (Å²) in [6, 6.07) is 11.0. The fourth-order valence-electron chi connectivity index (χ4n) is 5.91. The highest BCUT2D eigenvalue weighted by atomic mass is 19.1. The van der Waals surface area contributed by atoms with Gasteiger partial charge in [0.25, 0.3) is 0 Å². The number of benzene rings is 2. The predicted octanol–water partition coefficient (Wildman–Crippen LogP) is 5.51. The number of carbonyl (C=O) groups is 1. The zero-order valence-corrected chi connectivity index (χ0v) is 18.3. The van der Waals surface area contributed by atoms with Gasteiger partial charge in [0.15, 0.2) is 0 Å². The molecular weight excluding hydrogens is 421 g/mol. The van der Waals surface area contributed by atoms with Crippen LogP contribution in [0.1, 0.15) is 55.2 Å². The molecule has 6 rings (SSSR count). The molecule has 2 aliphatic rings. The van der Waals surface area contributed by atoms with Gasteiger partial charge in [-0.15, -0.1) is 0 Å². The lowest BCUT2D eigenvalue weighted by Gasteiger charge is -2.27. The SMILES string of the molecule is O=C(O)C1CCC(c2c(C3CCOCC3)n(-c3ccc(F)cc3)c3cc4cn[nH]c4cc23)C1. The standard InChI is InChI=1S/C26H26FN3O3/c27-19-3-5-20(6-4-19)30-23-12-18-14-28-29-22(18)13-21(23)24(16-1-2-17(11-16)26(31)32)25(30)15-7-9-33-10-8-15/h3-6,12-17H,1-2,7-11H2,(H,28,29)(H,31,32). The number of hydrogen-bond acceptors (Lipinski definition) is 3. The van der Waals surface area contributed by atoms with E-state index in [1.807, 2.05) is 18.3 Å². The minimum absolute atomic E-state index is 0.175. The maximum absolute atomic E-state index is 13.8. The van der Waals surface area contributed by atoms with Crippen LogP contribution in [-0.4, -0.2) is 39.1 Å². The van der Waals surface area contributed by atoms with Gasteiger partial charge in [-0.05, 0) is 80.0 Å². The lowest BCUT2D eigenvalue weighted by molar-refractivity contribution is -0.141. The van der Waals surface area contributed by atoms with Crippen molar-refractivity contribution < 1.29 is 19.0 Å². The molecule has 2 aromatic heterocycles. The number of aliphatic carboxylic acids is 1. The molecule has 2 aromatic carbocycles. The number of aromatic amines is 1. The predicted molar refractivity (Wildman–Crippen MR) is 123 cm³/mol. The number of aromatic nitrogens is 3. The Hall–Kier alpha value is -3.19. The molecule has 2 N–H and O–H groups in total. The third-order valence-electron chi connectivity index (χ3n) is 7.49. The van der Waals surface area contributed by atoms with E-state index in [1.165, 1.54) is 23.4 Å². The molecule has 2 atom stereocenters. The lowest BCUT2D eigenvalue weighted by Crippen LogP contribution is -2.19. The summed E-state index contributed by atoms with van der Waals surface area (Å²) in [6.45, 7) is 1.42. The van der Waals surface area contributed by atoms with Gasteiger partial charge in [0.2, 0.25) is 0 Å². The summed E-state index contributed by atoms with van der Waals surface area (Å²) in [6.07, 6.45) is 5.85. The fraction of sp³-hybridized carbons (Fsp3) is 0.385. The molecule has 1 aliphatic heterocycles. The van der Waals surface area contributed by atoms with E-state index < -0.39 is 5.97 Å². The summed E-state index contributed by atoms with van der Waals surface area (Å²) >= 11 is 0. The number of nitrogens with zero attached hydrogens (tertiary/aromatic N) is 2. The fourth-order valence-corrected chi connectivity index (χ4v) is 5.91. The molecule has 2 unspecified atom stereocenters. The molecule has 0 bridgehead atoms. The van der Waals surface area contributed by atoms with E-state index in [0.29, 0.717) is 32.0 Å². The average Bonchev–Trinajstić information content (AvgIpc) is 3.55. The van der Waals surface area contributed by atoms with Gasteiger partial charge < -0.3 is 14.4 Å². The first kappa shape index (κ1) is 20.4. The Kier molecular flexibility index (Phi) is 4.94. The molecular formula is C26H26FN3O3. The summed E-state index contributed by atoms with van der Waals surface area (Å²) in [7, 11) is 0. The zero-order chi connectivity index (χ0) is 22.5. The Morgan fingerprint density at radius 2 is 1.88 bits per heavy atom. The van der Waals surface area contributed by atoms with Crippen molar-refractivity contribution in [2.45, 2.75) is 43.9 Å². The van der Waals surface area contributed by atoms with Gasteiger partial charge in [-0.25, -0.2) is 4.39 Å². The molecule has 1 aliphatic carbocycles. The van der Waals surface area contributed by atoms with Crippen LogP contribution >= 0.6 is 0 Å². The van der Waals surface area contributed by atoms with E-state index in [-0.39, 0.29) is 17.7 Å². The van der Waals surface area contributed by atoms with Crippen LogP contribution < -0.4 is 0 Å². The lowest BCUT2D eigenvalue weighted by atomic mass is 9.86. The largest absolute Gasteiger partial charge is 0.481 e. The van der Waals surface area contributed by atoms with E-state index in [4.69, 9.17) is 4.74 Å². The van der Waals surface area contributed by atoms with Gasteiger partial charge >= 0.3 is 5.97 Å². The van der Waals surface area contributed by atoms with Crippen molar-refractivity contribution in [1.29, 1.82) is 0 Å². The topological polar surface area (TPSA) is 80.1 Å². The average molecular weight is 448 g/mol. The first-order valence-electron chi connectivity index (χ1n) is 11.7. The van der Waals surface area contributed by atoms with Crippen LogP contribution in [0.4, 0.5) is 4.39 Å². The van der Waals surface area contributed by atoms with Crippen LogP contribution in [-0.2, 0) is 9.53 Å². The Morgan fingerprint density at radius 3 is 2.61 bits per heavy atom. The summed E-state index contributed by atoms with van der Waals surface area (Å²) in [4.78, 5) is 11.8. The summed E-state index contributed by atoms with van der Waals surface area (Å²) < 4.78 is 21.8. The van der Waals surface area contributed by atoms with Crippen LogP contribution in [0.25, 0.3) is 27.5 Å². The highest BCUT2D eigenvalue weighted by Crippen LogP contribution is 2.48. The second-order valence-corrected chi connectivity index (χ2v) is 9.37. The molecule has 0 spiro atoms. The van der Waals surface area contributed by atoms with Crippen molar-refractivity contribution >= 4 is 27.8 Å². The maximum atomic E-state index is 13.8. The van der Waals surface area contributed by atoms with E-state index in [2.05, 4.69) is 26.9 Å². The van der Waals surface area contributed by atoms with Crippen LogP contribution in [0.15, 0.2) is 42.6 Å². The summed E-state index contributed by atoms with van der Waals surface area (Å²) in [5.74, 6) is -0.804. The minimum Gasteiger partial charge on any atom is -0.481 e. The van der Waals surface area contributed by atoms with Gasteiger partial charge in [-0.3, -0.25) is 9.89 Å². The van der Waals surface area contributed by atoms with Crippen LogP contribution in [0, 0.1) is 11.7 Å². The minimum atomic E-state index is -0.705. The third kappa shape index (κ3) is 3.42. The van der Waals surface area contributed by atoms with Gasteiger partial charge in [-0.2, -0.15) is 5.10 Å². The van der Waals surface area contributed by atoms with Crippen molar-refractivity contribution in [3.63, 3.8) is 0 Å². The molecule has 33 heavy (non-hydrogen) atoms. The smallest absolute Gasteiger partial charge is 0.306 e. The highest BCUT2D eigenvalue weighted by Gasteiger charge is 2.36. The van der Waals surface area contributed by atoms with Crippen molar-refractivity contribution in [3.05, 3.63) is 59.7 Å². The van der Waals surface area contributed by atoms with Crippen molar-refractivity contribution in [3.8, 4) is 5.69 Å². The Balaban J connectivity index is 1.65. The van der Waals surface area contributed by atoms with Crippen LogP contribution in [0.5, 0.6) is 0 Å². The molecule has 7 heteroatoms. The number of H-pyrrole nitrogens is 1. The van der Waals surface area contributed by atoms with E-state index in [9.17, 15) is 14.3 Å². The number of fused-ring (bicyclic) bond motifs is 2. The molecule has 6 nitrogen and oxygen atoms in total. The number of rotatable bonds is 4. The second kappa shape index (κ2) is 7.99. The Bertz CT molecular complexity index is 1330. The number of hydrogen-bond donors (Lipinski definition) is 2. The van der Waals surface area contributed by atoms with Crippen molar-refractivity contribution in [2.24, 2.45) is 5.92 Å². The second-order valence-electron chi connectivity index (χ2n) is 9.37. The van der Waals surface area contributed by atoms with Crippen molar-refractivity contribution in [1.82, 2.24) is 14.8 Å². The van der Waals surface area contributed by atoms with Crippen LogP contribution in [0.3, 0.4) is 0 Å². The number of carboxylic acid groups (broad SMARTS) is 1. The first-order chi connectivity index (χ1) is 16.1. The van der Waals surface area contributed by atoms with E-state index >= 15 is 0 Å². The maximum Gasteiger partial charge on any atom is 0.306 e. The molecule has 170 valence electrons. The van der Waals surface area contributed by atoms with Gasteiger partial charge in [0, 0.05) is 41.3 Å². The molecule has 4 aromatic rings. The first-order valence-corrected chi connectivity index (χ1v) is 11.7. The summed E-state index contributed by atoms with van der Waals surface area (Å²) in [5.41, 5.74) is 5.43. The van der Waals surface area contributed by atoms with Gasteiger partial charge in [0.05, 0.1) is 23.1 Å². The number of nitrogens with one attached hydrogen (secondary N) is 1. The Morgan fingerprint density at radius 1 is 1.09 bits per heavy atom. The molecule has 0 amide bonds. The zero-order valence-electron chi connectivity index (χ0n) is 18.3. The molecule has 1 saturated heterocycles. The monoisotopic (exact) mass is 447 g/mol. The quantitative estimate of drug-likeness (QED) is 0.432. The third-order valence-corrected chi connectivity index (χ3v) is 7.49. The molecule has 1 saturated carbocycles. The number of carboxylic acids is 1. The van der Waals surface area contributed by atoms with E-state index in [0.717, 1.165) is 46.8 Å². The molecule has 0 radical (unpaired) electrons. The van der Waals surface area contributed by atoms with Crippen LogP contribution in [0.2, 0.25) is 0 Å². The Labute approximate surface area is 190 Å².